The molecule has 22 heavy (non-hydrogen) atoms. The number of halogens is 3. The number of alkyl halides is 3. The number of hydrogen-bond donors (Lipinski definition) is 0. The molecule has 1 amide bonds. The molecule has 1 atom stereocenters. The molecule has 1 aliphatic rings. The number of hydrogen-bond acceptors (Lipinski definition) is 5. The third kappa shape index (κ3) is 4.79. The minimum Gasteiger partial charge on any atom is -0.444 e. The fraction of sp³-hybridized carbons (Fsp3) is 0.750. The molecule has 0 aromatic carbocycles. The van der Waals surface area contributed by atoms with E-state index in [4.69, 9.17) is 4.74 Å². The van der Waals surface area contributed by atoms with Crippen LogP contribution in [0.1, 0.15) is 34.1 Å². The number of carbonyl (C=O) groups is 1. The third-order valence-electron chi connectivity index (χ3n) is 2.65. The van der Waals surface area contributed by atoms with Gasteiger partial charge >= 0.3 is 21.7 Å². The van der Waals surface area contributed by atoms with E-state index < -0.39 is 33.4 Å². The smallest absolute Gasteiger partial charge is 0.444 e. The van der Waals surface area contributed by atoms with Crippen LogP contribution in [0.5, 0.6) is 0 Å². The Hall–Kier alpha value is -1.45. The van der Waals surface area contributed by atoms with E-state index in [0.717, 1.165) is 6.08 Å². The molecule has 0 fully saturated rings. The molecule has 1 rings (SSSR count). The highest BCUT2D eigenvalue weighted by Gasteiger charge is 2.49. The summed E-state index contributed by atoms with van der Waals surface area (Å²) in [6.45, 7) is 6.56. The van der Waals surface area contributed by atoms with Crippen molar-refractivity contribution in [2.45, 2.75) is 51.3 Å². The Balaban J connectivity index is 2.80. The standard InChI is InChI=1S/C12H18F3NO5S/c1-8-7-9(21-22(18,19)12(13,14)15)5-6-16(8)10(17)20-11(2,3)4/h7-8H,5-6H2,1-4H3/t8-/m0/s1. The molecule has 6 nitrogen and oxygen atoms in total. The largest absolute Gasteiger partial charge is 0.534 e. The van der Waals surface area contributed by atoms with Crippen molar-refractivity contribution in [3.05, 3.63) is 11.8 Å². The van der Waals surface area contributed by atoms with Gasteiger partial charge in [0.25, 0.3) is 0 Å². The lowest BCUT2D eigenvalue weighted by Crippen LogP contribution is -2.44. The fourth-order valence-electron chi connectivity index (χ4n) is 1.71. The lowest BCUT2D eigenvalue weighted by molar-refractivity contribution is -0.0526. The van der Waals surface area contributed by atoms with Gasteiger partial charge in [-0.25, -0.2) is 4.79 Å². The van der Waals surface area contributed by atoms with Crippen LogP contribution >= 0.6 is 0 Å². The molecule has 0 N–H and O–H groups in total. The lowest BCUT2D eigenvalue weighted by Gasteiger charge is -2.33. The van der Waals surface area contributed by atoms with Crippen LogP contribution in [0.3, 0.4) is 0 Å². The van der Waals surface area contributed by atoms with Crippen molar-refractivity contribution in [3.63, 3.8) is 0 Å². The van der Waals surface area contributed by atoms with Gasteiger partial charge in [0.2, 0.25) is 0 Å². The summed E-state index contributed by atoms with van der Waals surface area (Å²) in [6, 6.07) is -0.651. The molecule has 0 aromatic rings. The Bertz CT molecular complexity index is 562. The van der Waals surface area contributed by atoms with E-state index >= 15 is 0 Å². The Morgan fingerprint density at radius 1 is 1.32 bits per heavy atom. The van der Waals surface area contributed by atoms with Gasteiger partial charge < -0.3 is 13.8 Å². The molecule has 0 radical (unpaired) electrons. The van der Waals surface area contributed by atoms with E-state index in [2.05, 4.69) is 4.18 Å². The van der Waals surface area contributed by atoms with E-state index in [0.29, 0.717) is 0 Å². The summed E-state index contributed by atoms with van der Waals surface area (Å²) in [4.78, 5) is 13.2. The summed E-state index contributed by atoms with van der Waals surface area (Å²) in [6.07, 6.45) is 0.365. The predicted octanol–water partition coefficient (Wildman–Crippen LogP) is 2.77. The molecular formula is C12H18F3NO5S. The summed E-state index contributed by atoms with van der Waals surface area (Å²) in [5.41, 5.74) is -6.20. The van der Waals surface area contributed by atoms with E-state index in [1.807, 2.05) is 0 Å². The minimum atomic E-state index is -5.69. The van der Waals surface area contributed by atoms with Crippen LogP contribution in [0.4, 0.5) is 18.0 Å². The Morgan fingerprint density at radius 2 is 1.86 bits per heavy atom. The summed E-state index contributed by atoms with van der Waals surface area (Å²) < 4.78 is 67.9. The highest BCUT2D eigenvalue weighted by Crippen LogP contribution is 2.29. The second-order valence-electron chi connectivity index (χ2n) is 5.78. The lowest BCUT2D eigenvalue weighted by atomic mass is 10.1. The average Bonchev–Trinajstić information content (AvgIpc) is 2.23. The normalized spacial score (nSPS) is 20.4. The van der Waals surface area contributed by atoms with Crippen LogP contribution in [0.2, 0.25) is 0 Å². The van der Waals surface area contributed by atoms with Crippen LogP contribution in [-0.2, 0) is 19.0 Å². The topological polar surface area (TPSA) is 72.9 Å². The van der Waals surface area contributed by atoms with Crippen LogP contribution in [-0.4, -0.2) is 43.1 Å². The molecule has 128 valence electrons. The second kappa shape index (κ2) is 5.98. The van der Waals surface area contributed by atoms with Crippen molar-refractivity contribution in [1.29, 1.82) is 0 Å². The second-order valence-corrected chi connectivity index (χ2v) is 7.32. The quantitative estimate of drug-likeness (QED) is 0.568. The number of nitrogens with zero attached hydrogens (tertiary/aromatic N) is 1. The summed E-state index contributed by atoms with van der Waals surface area (Å²) >= 11 is 0. The van der Waals surface area contributed by atoms with Gasteiger partial charge in [-0.2, -0.15) is 21.6 Å². The van der Waals surface area contributed by atoms with Gasteiger partial charge in [0.1, 0.15) is 11.4 Å². The fourth-order valence-corrected chi connectivity index (χ4v) is 2.23. The van der Waals surface area contributed by atoms with Crippen molar-refractivity contribution < 1.29 is 35.3 Å². The molecular weight excluding hydrogens is 327 g/mol. The Morgan fingerprint density at radius 3 is 2.27 bits per heavy atom. The van der Waals surface area contributed by atoms with Crippen molar-refractivity contribution in [2.24, 2.45) is 0 Å². The summed E-state index contributed by atoms with van der Waals surface area (Å²) in [5.74, 6) is -0.343. The molecule has 0 saturated carbocycles. The molecule has 0 saturated heterocycles. The van der Waals surface area contributed by atoms with Gasteiger partial charge in [-0.15, -0.1) is 0 Å². The molecule has 0 aliphatic carbocycles. The average molecular weight is 345 g/mol. The maximum Gasteiger partial charge on any atom is 0.534 e. The first-order chi connectivity index (χ1) is 9.73. The zero-order chi connectivity index (χ0) is 17.3. The van der Waals surface area contributed by atoms with Gasteiger partial charge in [0.15, 0.2) is 0 Å². The van der Waals surface area contributed by atoms with Crippen LogP contribution in [0, 0.1) is 0 Å². The number of amides is 1. The van der Waals surface area contributed by atoms with Crippen LogP contribution < -0.4 is 0 Å². The maximum absolute atomic E-state index is 12.3. The molecule has 10 heteroatoms. The van der Waals surface area contributed by atoms with Crippen LogP contribution in [0.25, 0.3) is 0 Å². The highest BCUT2D eigenvalue weighted by atomic mass is 32.2. The Kier molecular flexibility index (Phi) is 5.05. The van der Waals surface area contributed by atoms with Crippen molar-refractivity contribution in [1.82, 2.24) is 4.90 Å². The zero-order valence-corrected chi connectivity index (χ0v) is 13.4. The number of ether oxygens (including phenoxy) is 1. The van der Waals surface area contributed by atoms with Crippen LogP contribution in [0.15, 0.2) is 11.8 Å². The van der Waals surface area contributed by atoms with Gasteiger partial charge in [-0.3, -0.25) is 0 Å². The van der Waals surface area contributed by atoms with Gasteiger partial charge in [0.05, 0.1) is 6.04 Å². The molecule has 0 spiro atoms. The molecule has 0 aromatic heterocycles. The molecule has 0 unspecified atom stereocenters. The third-order valence-corrected chi connectivity index (χ3v) is 3.65. The predicted molar refractivity (Wildman–Crippen MR) is 71.2 cm³/mol. The van der Waals surface area contributed by atoms with Crippen molar-refractivity contribution in [3.8, 4) is 0 Å². The highest BCUT2D eigenvalue weighted by molar-refractivity contribution is 7.87. The van der Waals surface area contributed by atoms with Gasteiger partial charge in [-0.05, 0) is 33.8 Å². The summed E-state index contributed by atoms with van der Waals surface area (Å²) in [5, 5.41) is 0. The van der Waals surface area contributed by atoms with Crippen molar-refractivity contribution in [2.75, 3.05) is 6.54 Å². The number of rotatable bonds is 2. The SMILES string of the molecule is C[C@H]1C=C(OS(=O)(=O)C(F)(F)F)CCN1C(=O)OC(C)(C)C. The van der Waals surface area contributed by atoms with E-state index in [1.54, 1.807) is 20.8 Å². The first-order valence-electron chi connectivity index (χ1n) is 6.44. The molecule has 0 bridgehead atoms. The van der Waals surface area contributed by atoms with E-state index in [1.165, 1.54) is 11.8 Å². The van der Waals surface area contributed by atoms with Gasteiger partial charge in [0, 0.05) is 13.0 Å². The molecule has 1 heterocycles. The first-order valence-corrected chi connectivity index (χ1v) is 7.85. The van der Waals surface area contributed by atoms with Crippen molar-refractivity contribution >= 4 is 16.2 Å². The molecule has 1 aliphatic heterocycles. The first kappa shape index (κ1) is 18.6. The summed E-state index contributed by atoms with van der Waals surface area (Å²) in [7, 11) is -5.69. The van der Waals surface area contributed by atoms with E-state index in [9.17, 15) is 26.4 Å². The monoisotopic (exact) mass is 345 g/mol. The maximum atomic E-state index is 12.3. The van der Waals surface area contributed by atoms with Gasteiger partial charge in [-0.1, -0.05) is 0 Å². The number of carbonyl (C=O) groups excluding carboxylic acids is 1. The zero-order valence-electron chi connectivity index (χ0n) is 12.6. The minimum absolute atomic E-state index is 0.00467. The van der Waals surface area contributed by atoms with E-state index in [-0.39, 0.29) is 18.7 Å². The Labute approximate surface area is 127 Å².